The van der Waals surface area contributed by atoms with Gasteiger partial charge in [-0.15, -0.1) is 0 Å². The molecule has 0 radical (unpaired) electrons. The Morgan fingerprint density at radius 1 is 1.00 bits per heavy atom. The Balaban J connectivity index is 1.73. The molecule has 132 valence electrons. The number of nitrogens with zero attached hydrogens (tertiary/aromatic N) is 3. The maximum Gasteiger partial charge on any atom is 0.317 e. The lowest BCUT2D eigenvalue weighted by atomic mass is 10.4. The zero-order valence-electron chi connectivity index (χ0n) is 13.4. The van der Waals surface area contributed by atoms with E-state index in [1.54, 1.807) is 11.8 Å². The topological polar surface area (TPSA) is 99.3 Å². The Morgan fingerprint density at radius 2 is 1.61 bits per heavy atom. The molecule has 0 aromatic heterocycles. The quantitative estimate of drug-likeness (QED) is 0.668. The monoisotopic (exact) mass is 348 g/mol. The number of nitrogens with one attached hydrogen (secondary N) is 1. The number of hydrogen-bond donors (Lipinski definition) is 1. The summed E-state index contributed by atoms with van der Waals surface area (Å²) in [6, 6.07) is -0.333. The highest BCUT2D eigenvalue weighted by molar-refractivity contribution is 7.89. The molecule has 9 nitrogen and oxygen atoms in total. The van der Waals surface area contributed by atoms with Gasteiger partial charge in [0.05, 0.1) is 25.5 Å². The van der Waals surface area contributed by atoms with Gasteiger partial charge in [0.25, 0.3) is 0 Å². The van der Waals surface area contributed by atoms with Crippen LogP contribution in [0.1, 0.15) is 6.92 Å². The van der Waals surface area contributed by atoms with Crippen molar-refractivity contribution in [3.63, 3.8) is 0 Å². The summed E-state index contributed by atoms with van der Waals surface area (Å²) in [5.41, 5.74) is 0. The predicted molar refractivity (Wildman–Crippen MR) is 83.4 cm³/mol. The van der Waals surface area contributed by atoms with Crippen LogP contribution in [0.2, 0.25) is 0 Å². The maximum absolute atomic E-state index is 12.1. The van der Waals surface area contributed by atoms with Crippen molar-refractivity contribution in [1.82, 2.24) is 19.4 Å². The summed E-state index contributed by atoms with van der Waals surface area (Å²) in [7, 11) is -3.21. The van der Waals surface area contributed by atoms with Crippen molar-refractivity contribution in [2.45, 2.75) is 6.92 Å². The van der Waals surface area contributed by atoms with Crippen LogP contribution in [0, 0.1) is 0 Å². The Bertz CT molecular complexity index is 524. The Hall–Kier alpha value is -1.39. The largest absolute Gasteiger partial charge is 0.378 e. The van der Waals surface area contributed by atoms with Crippen LogP contribution < -0.4 is 5.32 Å². The Labute approximate surface area is 136 Å². The van der Waals surface area contributed by atoms with E-state index in [0.717, 1.165) is 0 Å². The van der Waals surface area contributed by atoms with Crippen LogP contribution >= 0.6 is 0 Å². The lowest BCUT2D eigenvalue weighted by molar-refractivity contribution is -0.134. The first-order valence-electron chi connectivity index (χ1n) is 7.80. The maximum atomic E-state index is 12.1. The molecule has 0 aromatic carbocycles. The van der Waals surface area contributed by atoms with E-state index in [1.807, 2.05) is 0 Å². The summed E-state index contributed by atoms with van der Waals surface area (Å²) < 4.78 is 30.1. The second-order valence-electron chi connectivity index (χ2n) is 5.44. The number of carbonyl (C=O) groups is 2. The minimum Gasteiger partial charge on any atom is -0.378 e. The van der Waals surface area contributed by atoms with Gasteiger partial charge in [0.15, 0.2) is 0 Å². The van der Waals surface area contributed by atoms with Crippen LogP contribution in [0.5, 0.6) is 0 Å². The number of carbonyl (C=O) groups excluding carboxylic acids is 2. The third kappa shape index (κ3) is 4.79. The van der Waals surface area contributed by atoms with Gasteiger partial charge < -0.3 is 19.9 Å². The number of ether oxygens (including phenoxy) is 1. The highest BCUT2D eigenvalue weighted by atomic mass is 32.2. The van der Waals surface area contributed by atoms with Crippen molar-refractivity contribution in [1.29, 1.82) is 0 Å². The van der Waals surface area contributed by atoms with Crippen LogP contribution in [0.3, 0.4) is 0 Å². The summed E-state index contributed by atoms with van der Waals surface area (Å²) in [6.07, 6.45) is 0. The van der Waals surface area contributed by atoms with E-state index in [-0.39, 0.29) is 24.2 Å². The van der Waals surface area contributed by atoms with Gasteiger partial charge >= 0.3 is 6.03 Å². The van der Waals surface area contributed by atoms with Gasteiger partial charge in [-0.25, -0.2) is 13.2 Å². The van der Waals surface area contributed by atoms with Gasteiger partial charge in [-0.05, 0) is 6.92 Å². The average molecular weight is 348 g/mol. The van der Waals surface area contributed by atoms with Crippen molar-refractivity contribution in [3.8, 4) is 0 Å². The molecule has 2 fully saturated rings. The fourth-order valence-electron chi connectivity index (χ4n) is 2.54. The normalized spacial score (nSPS) is 20.4. The fraction of sp³-hybridized carbons (Fsp3) is 0.846. The van der Waals surface area contributed by atoms with Crippen LogP contribution in [0.15, 0.2) is 0 Å². The molecular weight excluding hydrogens is 324 g/mol. The van der Waals surface area contributed by atoms with Crippen molar-refractivity contribution < 1.29 is 22.7 Å². The number of urea groups is 1. The summed E-state index contributed by atoms with van der Waals surface area (Å²) in [5.74, 6) is -0.0680. The lowest BCUT2D eigenvalue weighted by Crippen LogP contribution is -2.54. The van der Waals surface area contributed by atoms with Gasteiger partial charge in [-0.1, -0.05) is 0 Å². The van der Waals surface area contributed by atoms with Crippen molar-refractivity contribution in [3.05, 3.63) is 0 Å². The van der Waals surface area contributed by atoms with Crippen molar-refractivity contribution in [2.75, 3.05) is 64.8 Å². The molecule has 1 N–H and O–H groups in total. The molecule has 2 saturated heterocycles. The van der Waals surface area contributed by atoms with Crippen LogP contribution in [-0.4, -0.2) is 99.2 Å². The average Bonchev–Trinajstić information content (AvgIpc) is 2.60. The Morgan fingerprint density at radius 3 is 2.17 bits per heavy atom. The van der Waals surface area contributed by atoms with E-state index in [1.165, 1.54) is 9.21 Å². The standard InChI is InChI=1S/C13H24N4O5S/c1-2-23(20,21)17-5-3-16(4-6-17)13(19)14-11-12(18)15-7-9-22-10-8-15/h2-11H2,1H3,(H,14,19). The third-order valence-corrected chi connectivity index (χ3v) is 5.92. The Kier molecular flexibility index (Phi) is 6.19. The minimum atomic E-state index is -3.21. The van der Waals surface area contributed by atoms with Gasteiger partial charge in [0, 0.05) is 39.3 Å². The highest BCUT2D eigenvalue weighted by Gasteiger charge is 2.28. The number of hydrogen-bond acceptors (Lipinski definition) is 5. The molecule has 0 atom stereocenters. The molecule has 2 aliphatic rings. The molecule has 0 bridgehead atoms. The molecule has 2 rings (SSSR count). The van der Waals surface area contributed by atoms with Crippen molar-refractivity contribution in [2.24, 2.45) is 0 Å². The minimum absolute atomic E-state index is 0.0493. The van der Waals surface area contributed by atoms with Crippen LogP contribution in [0.4, 0.5) is 4.79 Å². The number of rotatable bonds is 4. The molecule has 23 heavy (non-hydrogen) atoms. The SMILES string of the molecule is CCS(=O)(=O)N1CCN(C(=O)NCC(=O)N2CCOCC2)CC1. The second-order valence-corrected chi connectivity index (χ2v) is 7.70. The molecule has 0 unspecified atom stereocenters. The van der Waals surface area contributed by atoms with Crippen LogP contribution in [0.25, 0.3) is 0 Å². The summed E-state index contributed by atoms with van der Waals surface area (Å²) >= 11 is 0. The van der Waals surface area contributed by atoms with E-state index in [9.17, 15) is 18.0 Å². The molecule has 3 amide bonds. The molecule has 0 aromatic rings. The first kappa shape index (κ1) is 18.0. The van der Waals surface area contributed by atoms with Crippen LogP contribution in [-0.2, 0) is 19.6 Å². The zero-order valence-corrected chi connectivity index (χ0v) is 14.2. The molecule has 0 spiro atoms. The third-order valence-electron chi connectivity index (χ3n) is 4.04. The molecule has 0 aliphatic carbocycles. The van der Waals surface area contributed by atoms with E-state index in [2.05, 4.69) is 5.32 Å². The molecule has 2 aliphatic heterocycles. The van der Waals surface area contributed by atoms with Crippen molar-refractivity contribution >= 4 is 22.0 Å². The molecule has 2 heterocycles. The number of piperazine rings is 1. The first-order chi connectivity index (χ1) is 10.9. The predicted octanol–water partition coefficient (Wildman–Crippen LogP) is -1.48. The highest BCUT2D eigenvalue weighted by Crippen LogP contribution is 2.08. The summed E-state index contributed by atoms with van der Waals surface area (Å²) in [5, 5.41) is 2.60. The van der Waals surface area contributed by atoms with Gasteiger partial charge in [0.1, 0.15) is 0 Å². The summed E-state index contributed by atoms with van der Waals surface area (Å²) in [4.78, 5) is 27.2. The van der Waals surface area contributed by atoms with E-state index in [4.69, 9.17) is 4.74 Å². The number of sulfonamides is 1. The smallest absolute Gasteiger partial charge is 0.317 e. The van der Waals surface area contributed by atoms with Gasteiger partial charge in [-0.3, -0.25) is 4.79 Å². The fourth-order valence-corrected chi connectivity index (χ4v) is 3.62. The first-order valence-corrected chi connectivity index (χ1v) is 9.41. The molecular formula is C13H24N4O5S. The second kappa shape index (κ2) is 7.93. The van der Waals surface area contributed by atoms with E-state index in [0.29, 0.717) is 52.5 Å². The molecule has 0 saturated carbocycles. The zero-order chi connectivity index (χ0) is 16.9. The number of morpholine rings is 1. The molecule has 10 heteroatoms. The van der Waals surface area contributed by atoms with E-state index < -0.39 is 10.0 Å². The van der Waals surface area contributed by atoms with E-state index >= 15 is 0 Å². The van der Waals surface area contributed by atoms with Gasteiger partial charge in [-0.2, -0.15) is 4.31 Å². The summed E-state index contributed by atoms with van der Waals surface area (Å²) in [6.45, 7) is 4.93. The number of amides is 3. The van der Waals surface area contributed by atoms with Gasteiger partial charge in [0.2, 0.25) is 15.9 Å². The lowest BCUT2D eigenvalue weighted by Gasteiger charge is -2.34.